The molecule has 1 unspecified atom stereocenters. The molecule has 3 saturated heterocycles. The molecular weight excluding hydrogens is 240 g/mol. The SMILES string of the molecule is O=C(CCN1CCNCC1)N1CCN2CCCC2C1. The first-order valence-corrected chi connectivity index (χ1v) is 7.78. The van der Waals surface area contributed by atoms with Crippen LogP contribution in [0, 0.1) is 0 Å². The quantitative estimate of drug-likeness (QED) is 0.754. The summed E-state index contributed by atoms with van der Waals surface area (Å²) in [7, 11) is 0. The van der Waals surface area contributed by atoms with Gasteiger partial charge in [-0.1, -0.05) is 0 Å². The van der Waals surface area contributed by atoms with Crippen LogP contribution in [0.4, 0.5) is 0 Å². The molecule has 3 heterocycles. The normalized spacial score (nSPS) is 29.5. The number of fused-ring (bicyclic) bond motifs is 1. The molecule has 5 heteroatoms. The van der Waals surface area contributed by atoms with Crippen molar-refractivity contribution in [3.8, 4) is 0 Å². The summed E-state index contributed by atoms with van der Waals surface area (Å²) in [6, 6.07) is 0.650. The van der Waals surface area contributed by atoms with Crippen molar-refractivity contribution in [3.63, 3.8) is 0 Å². The van der Waals surface area contributed by atoms with Crippen LogP contribution in [0.3, 0.4) is 0 Å². The number of carbonyl (C=O) groups excluding carboxylic acids is 1. The summed E-state index contributed by atoms with van der Waals surface area (Å²) in [5, 5.41) is 3.35. The Morgan fingerprint density at radius 1 is 1.11 bits per heavy atom. The molecule has 108 valence electrons. The van der Waals surface area contributed by atoms with Gasteiger partial charge < -0.3 is 15.1 Å². The van der Waals surface area contributed by atoms with E-state index in [1.165, 1.54) is 19.4 Å². The molecule has 5 nitrogen and oxygen atoms in total. The van der Waals surface area contributed by atoms with Gasteiger partial charge in [0.1, 0.15) is 0 Å². The Balaban J connectivity index is 1.42. The molecule has 3 aliphatic rings. The number of hydrogen-bond donors (Lipinski definition) is 1. The Morgan fingerprint density at radius 3 is 2.79 bits per heavy atom. The van der Waals surface area contributed by atoms with Gasteiger partial charge in [-0.3, -0.25) is 9.69 Å². The fourth-order valence-electron chi connectivity index (χ4n) is 3.56. The number of piperazine rings is 2. The third-order valence-electron chi connectivity index (χ3n) is 4.79. The summed E-state index contributed by atoms with van der Waals surface area (Å²) >= 11 is 0. The third kappa shape index (κ3) is 3.27. The first-order chi connectivity index (χ1) is 9.33. The van der Waals surface area contributed by atoms with E-state index in [0.29, 0.717) is 18.4 Å². The molecule has 0 radical (unpaired) electrons. The Hall–Kier alpha value is -0.650. The van der Waals surface area contributed by atoms with Gasteiger partial charge in [0.05, 0.1) is 0 Å². The van der Waals surface area contributed by atoms with Crippen molar-refractivity contribution in [1.29, 1.82) is 0 Å². The standard InChI is InChI=1S/C14H26N4O/c19-14(3-7-16-8-4-15-5-9-16)18-11-10-17-6-1-2-13(17)12-18/h13,15H,1-12H2. The summed E-state index contributed by atoms with van der Waals surface area (Å²) in [5.41, 5.74) is 0. The van der Waals surface area contributed by atoms with E-state index in [1.807, 2.05) is 0 Å². The molecule has 0 aromatic rings. The van der Waals surface area contributed by atoms with Crippen molar-refractivity contribution in [2.24, 2.45) is 0 Å². The number of nitrogens with zero attached hydrogens (tertiary/aromatic N) is 3. The Kier molecular flexibility index (Phi) is 4.35. The van der Waals surface area contributed by atoms with Crippen molar-refractivity contribution in [1.82, 2.24) is 20.0 Å². The molecule has 0 aromatic carbocycles. The van der Waals surface area contributed by atoms with Gasteiger partial charge in [0, 0.05) is 64.8 Å². The zero-order chi connectivity index (χ0) is 13.1. The number of amides is 1. The predicted molar refractivity (Wildman–Crippen MR) is 75.1 cm³/mol. The lowest BCUT2D eigenvalue weighted by Crippen LogP contribution is -2.52. The smallest absolute Gasteiger partial charge is 0.223 e. The number of carbonyl (C=O) groups is 1. The van der Waals surface area contributed by atoms with Crippen LogP contribution in [0.25, 0.3) is 0 Å². The highest BCUT2D eigenvalue weighted by Gasteiger charge is 2.32. The van der Waals surface area contributed by atoms with Crippen molar-refractivity contribution in [3.05, 3.63) is 0 Å². The second kappa shape index (κ2) is 6.20. The van der Waals surface area contributed by atoms with Gasteiger partial charge >= 0.3 is 0 Å². The molecule has 1 N–H and O–H groups in total. The summed E-state index contributed by atoms with van der Waals surface area (Å²) in [4.78, 5) is 19.4. The first-order valence-electron chi connectivity index (χ1n) is 7.78. The average Bonchev–Trinajstić information content (AvgIpc) is 2.93. The fraction of sp³-hybridized carbons (Fsp3) is 0.929. The molecule has 0 bridgehead atoms. The highest BCUT2D eigenvalue weighted by atomic mass is 16.2. The molecule has 3 rings (SSSR count). The molecule has 0 aromatic heterocycles. The lowest BCUT2D eigenvalue weighted by Gasteiger charge is -2.38. The van der Waals surface area contributed by atoms with Gasteiger partial charge in [-0.15, -0.1) is 0 Å². The van der Waals surface area contributed by atoms with E-state index >= 15 is 0 Å². The second-order valence-corrected chi connectivity index (χ2v) is 6.01. The lowest BCUT2D eigenvalue weighted by atomic mass is 10.1. The van der Waals surface area contributed by atoms with Crippen LogP contribution in [-0.2, 0) is 4.79 Å². The minimum atomic E-state index is 0.366. The molecule has 3 fully saturated rings. The summed E-state index contributed by atoms with van der Waals surface area (Å²) in [6.45, 7) is 9.48. The summed E-state index contributed by atoms with van der Waals surface area (Å²) < 4.78 is 0. The highest BCUT2D eigenvalue weighted by molar-refractivity contribution is 5.76. The Bertz CT molecular complexity index is 317. The minimum Gasteiger partial charge on any atom is -0.340 e. The molecule has 3 aliphatic heterocycles. The van der Waals surface area contributed by atoms with Gasteiger partial charge in [-0.25, -0.2) is 0 Å². The molecule has 19 heavy (non-hydrogen) atoms. The molecule has 0 spiro atoms. The fourth-order valence-corrected chi connectivity index (χ4v) is 3.56. The average molecular weight is 266 g/mol. The van der Waals surface area contributed by atoms with E-state index < -0.39 is 0 Å². The van der Waals surface area contributed by atoms with Crippen LogP contribution in [0.2, 0.25) is 0 Å². The van der Waals surface area contributed by atoms with Gasteiger partial charge in [0.2, 0.25) is 5.91 Å². The highest BCUT2D eigenvalue weighted by Crippen LogP contribution is 2.21. The van der Waals surface area contributed by atoms with Crippen LogP contribution >= 0.6 is 0 Å². The predicted octanol–water partition coefficient (Wildman–Crippen LogP) is -0.412. The summed E-state index contributed by atoms with van der Waals surface area (Å²) in [5.74, 6) is 0.366. The van der Waals surface area contributed by atoms with E-state index in [4.69, 9.17) is 0 Å². The van der Waals surface area contributed by atoms with Crippen LogP contribution in [0.5, 0.6) is 0 Å². The monoisotopic (exact) mass is 266 g/mol. The van der Waals surface area contributed by atoms with Crippen LogP contribution in [0.1, 0.15) is 19.3 Å². The van der Waals surface area contributed by atoms with Crippen molar-refractivity contribution < 1.29 is 4.79 Å². The lowest BCUT2D eigenvalue weighted by molar-refractivity contribution is -0.134. The number of rotatable bonds is 3. The topological polar surface area (TPSA) is 38.8 Å². The van der Waals surface area contributed by atoms with E-state index in [1.54, 1.807) is 0 Å². The zero-order valence-corrected chi connectivity index (χ0v) is 11.8. The number of hydrogen-bond acceptors (Lipinski definition) is 4. The van der Waals surface area contributed by atoms with Crippen LogP contribution in [0.15, 0.2) is 0 Å². The van der Waals surface area contributed by atoms with E-state index in [2.05, 4.69) is 20.0 Å². The Morgan fingerprint density at radius 2 is 1.95 bits per heavy atom. The minimum absolute atomic E-state index is 0.366. The second-order valence-electron chi connectivity index (χ2n) is 6.01. The van der Waals surface area contributed by atoms with Crippen molar-refractivity contribution in [2.45, 2.75) is 25.3 Å². The maximum Gasteiger partial charge on any atom is 0.223 e. The van der Waals surface area contributed by atoms with Crippen molar-refractivity contribution in [2.75, 3.05) is 58.9 Å². The van der Waals surface area contributed by atoms with Gasteiger partial charge in [-0.05, 0) is 19.4 Å². The van der Waals surface area contributed by atoms with Gasteiger partial charge in [0.25, 0.3) is 0 Å². The first kappa shape index (κ1) is 13.3. The summed E-state index contributed by atoms with van der Waals surface area (Å²) in [6.07, 6.45) is 3.29. The maximum absolute atomic E-state index is 12.3. The van der Waals surface area contributed by atoms with E-state index in [9.17, 15) is 4.79 Å². The van der Waals surface area contributed by atoms with E-state index in [-0.39, 0.29) is 0 Å². The molecule has 0 saturated carbocycles. The number of nitrogens with one attached hydrogen (secondary N) is 1. The van der Waals surface area contributed by atoms with E-state index in [0.717, 1.165) is 52.4 Å². The Labute approximate surface area is 115 Å². The van der Waals surface area contributed by atoms with Crippen LogP contribution in [-0.4, -0.2) is 85.6 Å². The van der Waals surface area contributed by atoms with Crippen LogP contribution < -0.4 is 5.32 Å². The molecule has 0 aliphatic carbocycles. The van der Waals surface area contributed by atoms with Gasteiger partial charge in [0.15, 0.2) is 0 Å². The zero-order valence-electron chi connectivity index (χ0n) is 11.8. The van der Waals surface area contributed by atoms with Crippen molar-refractivity contribution >= 4 is 5.91 Å². The maximum atomic E-state index is 12.3. The third-order valence-corrected chi connectivity index (χ3v) is 4.79. The molecule has 1 atom stereocenters. The molecule has 1 amide bonds. The van der Waals surface area contributed by atoms with Gasteiger partial charge in [-0.2, -0.15) is 0 Å². The largest absolute Gasteiger partial charge is 0.340 e. The molecular formula is C14H26N4O.